The van der Waals surface area contributed by atoms with Gasteiger partial charge in [-0.3, -0.25) is 0 Å². The van der Waals surface area contributed by atoms with Crippen LogP contribution in [0.2, 0.25) is 0 Å². The molecule has 13 heavy (non-hydrogen) atoms. The minimum atomic E-state index is -0.678. The maximum atomic E-state index is 12.9. The molecule has 2 nitrogen and oxygen atoms in total. The second-order valence-corrected chi connectivity index (χ2v) is 3.52. The molecule has 0 radical (unpaired) electrons. The highest BCUT2D eigenvalue weighted by molar-refractivity contribution is 5.41. The van der Waals surface area contributed by atoms with Gasteiger partial charge in [0.05, 0.1) is 6.54 Å². The van der Waals surface area contributed by atoms with Crippen molar-refractivity contribution in [3.63, 3.8) is 0 Å². The van der Waals surface area contributed by atoms with Gasteiger partial charge in [0, 0.05) is 12.7 Å². The molecule has 1 aromatic rings. The Labute approximate surface area is 77.4 Å². The summed E-state index contributed by atoms with van der Waals surface area (Å²) in [5, 5.41) is 0. The van der Waals surface area contributed by atoms with E-state index >= 15 is 0 Å². The average Bonchev–Trinajstić information content (AvgIpc) is 2.52. The van der Waals surface area contributed by atoms with Crippen molar-refractivity contribution in [2.24, 2.45) is 0 Å². The number of pyridine rings is 1. The molecule has 0 unspecified atom stereocenters. The Morgan fingerprint density at radius 1 is 1.62 bits per heavy atom. The number of alkyl halides is 1. The first-order valence-electron chi connectivity index (χ1n) is 4.57. The van der Waals surface area contributed by atoms with Gasteiger partial charge in [-0.2, -0.15) is 0 Å². The van der Waals surface area contributed by atoms with E-state index in [0.717, 1.165) is 12.4 Å². The molecule has 0 aromatic carbocycles. The molecule has 1 atom stereocenters. The van der Waals surface area contributed by atoms with E-state index in [0.29, 0.717) is 13.0 Å². The molecule has 0 aliphatic carbocycles. The summed E-state index contributed by atoms with van der Waals surface area (Å²) in [5.41, 5.74) is 1.17. The van der Waals surface area contributed by atoms with Gasteiger partial charge in [-0.25, -0.2) is 9.37 Å². The molecule has 1 saturated heterocycles. The highest BCUT2D eigenvalue weighted by atomic mass is 19.1. The van der Waals surface area contributed by atoms with Gasteiger partial charge >= 0.3 is 0 Å². The Bertz CT molecular complexity index is 301. The van der Waals surface area contributed by atoms with Gasteiger partial charge in [-0.05, 0) is 31.0 Å². The molecule has 3 heteroatoms. The number of hydrogen-bond acceptors (Lipinski definition) is 2. The Morgan fingerprint density at radius 2 is 2.46 bits per heavy atom. The standard InChI is InChI=1S/C10H13FN2/c1-8-2-4-12-10(6-8)13-5-3-9(11)7-13/h2,4,6,9H,3,5,7H2,1H3/t9-/m0/s1. The Balaban J connectivity index is 2.16. The lowest BCUT2D eigenvalue weighted by atomic mass is 10.3. The normalized spacial score (nSPS) is 22.3. The van der Waals surface area contributed by atoms with Crippen molar-refractivity contribution in [2.75, 3.05) is 18.0 Å². The van der Waals surface area contributed by atoms with E-state index in [-0.39, 0.29) is 0 Å². The summed E-state index contributed by atoms with van der Waals surface area (Å²) in [6, 6.07) is 3.95. The second-order valence-electron chi connectivity index (χ2n) is 3.52. The fourth-order valence-electron chi connectivity index (χ4n) is 1.62. The molecule has 1 aliphatic heterocycles. The highest BCUT2D eigenvalue weighted by Crippen LogP contribution is 2.19. The average molecular weight is 180 g/mol. The third kappa shape index (κ3) is 1.79. The molecule has 1 aromatic heterocycles. The minimum Gasteiger partial charge on any atom is -0.354 e. The van der Waals surface area contributed by atoms with Crippen LogP contribution >= 0.6 is 0 Å². The SMILES string of the molecule is Cc1ccnc(N2CC[C@H](F)C2)c1. The van der Waals surface area contributed by atoms with E-state index < -0.39 is 6.17 Å². The van der Waals surface area contributed by atoms with Crippen LogP contribution in [0.25, 0.3) is 0 Å². The molecule has 0 amide bonds. The van der Waals surface area contributed by atoms with Gasteiger partial charge in [0.15, 0.2) is 0 Å². The van der Waals surface area contributed by atoms with Crippen LogP contribution in [0.4, 0.5) is 10.2 Å². The molecule has 0 saturated carbocycles. The third-order valence-electron chi connectivity index (χ3n) is 2.36. The quantitative estimate of drug-likeness (QED) is 0.656. The van der Waals surface area contributed by atoms with Crippen LogP contribution in [-0.4, -0.2) is 24.2 Å². The number of aromatic nitrogens is 1. The molecular weight excluding hydrogens is 167 g/mol. The van der Waals surface area contributed by atoms with Gasteiger partial charge < -0.3 is 4.90 Å². The molecule has 2 heterocycles. The zero-order chi connectivity index (χ0) is 9.26. The van der Waals surface area contributed by atoms with Gasteiger partial charge in [-0.15, -0.1) is 0 Å². The summed E-state index contributed by atoms with van der Waals surface area (Å²) in [5.74, 6) is 0.903. The molecule has 1 fully saturated rings. The van der Waals surface area contributed by atoms with Crippen molar-refractivity contribution in [3.8, 4) is 0 Å². The van der Waals surface area contributed by atoms with Crippen LogP contribution < -0.4 is 4.90 Å². The molecule has 0 bridgehead atoms. The number of rotatable bonds is 1. The number of nitrogens with zero attached hydrogens (tertiary/aromatic N) is 2. The highest BCUT2D eigenvalue weighted by Gasteiger charge is 2.22. The Morgan fingerprint density at radius 3 is 3.08 bits per heavy atom. The number of anilines is 1. The molecule has 0 N–H and O–H groups in total. The van der Waals surface area contributed by atoms with Crippen LogP contribution in [-0.2, 0) is 0 Å². The predicted molar refractivity (Wildman–Crippen MR) is 50.7 cm³/mol. The zero-order valence-electron chi connectivity index (χ0n) is 7.70. The summed E-state index contributed by atoms with van der Waals surface area (Å²) in [7, 11) is 0. The Hall–Kier alpha value is -1.12. The van der Waals surface area contributed by atoms with Crippen LogP contribution in [0.1, 0.15) is 12.0 Å². The molecule has 1 aliphatic rings. The van der Waals surface area contributed by atoms with E-state index in [2.05, 4.69) is 4.98 Å². The van der Waals surface area contributed by atoms with Crippen molar-refractivity contribution in [2.45, 2.75) is 19.5 Å². The van der Waals surface area contributed by atoms with E-state index in [1.54, 1.807) is 6.20 Å². The largest absolute Gasteiger partial charge is 0.354 e. The minimum absolute atomic E-state index is 0.496. The lowest BCUT2D eigenvalue weighted by molar-refractivity contribution is 0.364. The number of halogens is 1. The van der Waals surface area contributed by atoms with E-state index in [9.17, 15) is 4.39 Å². The first-order valence-corrected chi connectivity index (χ1v) is 4.57. The summed E-state index contributed by atoms with van der Waals surface area (Å²) < 4.78 is 12.9. The fourth-order valence-corrected chi connectivity index (χ4v) is 1.62. The molecular formula is C10H13FN2. The predicted octanol–water partition coefficient (Wildman–Crippen LogP) is 1.94. The van der Waals surface area contributed by atoms with Crippen LogP contribution in [0.3, 0.4) is 0 Å². The number of hydrogen-bond donors (Lipinski definition) is 0. The van der Waals surface area contributed by atoms with Gasteiger partial charge in [0.2, 0.25) is 0 Å². The van der Waals surface area contributed by atoms with E-state index in [4.69, 9.17) is 0 Å². The van der Waals surface area contributed by atoms with Crippen molar-refractivity contribution < 1.29 is 4.39 Å². The second kappa shape index (κ2) is 3.32. The summed E-state index contributed by atoms with van der Waals surface area (Å²) >= 11 is 0. The third-order valence-corrected chi connectivity index (χ3v) is 2.36. The maximum absolute atomic E-state index is 12.9. The molecule has 70 valence electrons. The molecule has 0 spiro atoms. The van der Waals surface area contributed by atoms with Crippen LogP contribution in [0.15, 0.2) is 18.3 Å². The van der Waals surface area contributed by atoms with E-state index in [1.807, 2.05) is 24.0 Å². The van der Waals surface area contributed by atoms with E-state index in [1.165, 1.54) is 5.56 Å². The van der Waals surface area contributed by atoms with Crippen molar-refractivity contribution >= 4 is 5.82 Å². The zero-order valence-corrected chi connectivity index (χ0v) is 7.70. The topological polar surface area (TPSA) is 16.1 Å². The summed E-state index contributed by atoms with van der Waals surface area (Å²) in [4.78, 5) is 6.21. The van der Waals surface area contributed by atoms with Gasteiger partial charge in [0.1, 0.15) is 12.0 Å². The van der Waals surface area contributed by atoms with Crippen molar-refractivity contribution in [1.29, 1.82) is 0 Å². The maximum Gasteiger partial charge on any atom is 0.128 e. The van der Waals surface area contributed by atoms with Gasteiger partial charge in [-0.1, -0.05) is 0 Å². The number of aryl methyl sites for hydroxylation is 1. The van der Waals surface area contributed by atoms with Crippen molar-refractivity contribution in [1.82, 2.24) is 4.98 Å². The summed E-state index contributed by atoms with van der Waals surface area (Å²) in [6.45, 7) is 3.31. The van der Waals surface area contributed by atoms with Gasteiger partial charge in [0.25, 0.3) is 0 Å². The summed E-state index contributed by atoms with van der Waals surface area (Å²) in [6.07, 6.45) is 1.73. The van der Waals surface area contributed by atoms with Crippen molar-refractivity contribution in [3.05, 3.63) is 23.9 Å². The molecule has 2 rings (SSSR count). The fraction of sp³-hybridized carbons (Fsp3) is 0.500. The lowest BCUT2D eigenvalue weighted by Gasteiger charge is -2.16. The lowest BCUT2D eigenvalue weighted by Crippen LogP contribution is -2.20. The van der Waals surface area contributed by atoms with Crippen LogP contribution in [0, 0.1) is 6.92 Å². The smallest absolute Gasteiger partial charge is 0.128 e. The van der Waals surface area contributed by atoms with Crippen LogP contribution in [0.5, 0.6) is 0 Å². The Kier molecular flexibility index (Phi) is 2.17. The first-order chi connectivity index (χ1) is 6.25. The monoisotopic (exact) mass is 180 g/mol. The first kappa shape index (κ1) is 8.48.